The van der Waals surface area contributed by atoms with E-state index in [1.54, 1.807) is 0 Å². The SMILES string of the molecule is Cc1ccccc1[C@H](NC(=O)c1cc(NS(C)(=O)=O)ccc1Cl)c1ccccc1. The summed E-state index contributed by atoms with van der Waals surface area (Å²) in [5.41, 5.74) is 3.40. The van der Waals surface area contributed by atoms with Crippen LogP contribution in [-0.4, -0.2) is 20.6 Å². The lowest BCUT2D eigenvalue weighted by atomic mass is 9.94. The van der Waals surface area contributed by atoms with Crippen LogP contribution in [0.1, 0.15) is 33.1 Å². The fourth-order valence-corrected chi connectivity index (χ4v) is 3.84. The van der Waals surface area contributed by atoms with Crippen LogP contribution in [0.4, 0.5) is 5.69 Å². The number of halogens is 1. The lowest BCUT2D eigenvalue weighted by Crippen LogP contribution is -2.30. The number of amides is 1. The number of aryl methyl sites for hydroxylation is 1. The first-order valence-electron chi connectivity index (χ1n) is 8.93. The molecule has 2 N–H and O–H groups in total. The number of carbonyl (C=O) groups is 1. The Morgan fingerprint density at radius 1 is 0.966 bits per heavy atom. The molecule has 150 valence electrons. The van der Waals surface area contributed by atoms with Crippen molar-refractivity contribution in [3.05, 3.63) is 100 Å². The number of carbonyl (C=O) groups excluding carboxylic acids is 1. The molecule has 0 spiro atoms. The van der Waals surface area contributed by atoms with E-state index in [1.807, 2.05) is 61.5 Å². The topological polar surface area (TPSA) is 75.3 Å². The highest BCUT2D eigenvalue weighted by atomic mass is 35.5. The molecule has 0 bridgehead atoms. The van der Waals surface area contributed by atoms with Crippen molar-refractivity contribution in [3.63, 3.8) is 0 Å². The smallest absolute Gasteiger partial charge is 0.253 e. The van der Waals surface area contributed by atoms with Crippen molar-refractivity contribution in [2.24, 2.45) is 0 Å². The number of hydrogen-bond donors (Lipinski definition) is 2. The zero-order valence-corrected chi connectivity index (χ0v) is 17.6. The molecule has 0 radical (unpaired) electrons. The minimum absolute atomic E-state index is 0.190. The third kappa shape index (κ3) is 5.37. The molecule has 1 amide bonds. The van der Waals surface area contributed by atoms with E-state index in [2.05, 4.69) is 10.0 Å². The molecule has 5 nitrogen and oxygen atoms in total. The van der Waals surface area contributed by atoms with Gasteiger partial charge in [-0.1, -0.05) is 66.2 Å². The van der Waals surface area contributed by atoms with E-state index in [1.165, 1.54) is 18.2 Å². The molecule has 29 heavy (non-hydrogen) atoms. The van der Waals surface area contributed by atoms with Crippen LogP contribution in [0.15, 0.2) is 72.8 Å². The summed E-state index contributed by atoms with van der Waals surface area (Å²) < 4.78 is 25.4. The number of nitrogens with one attached hydrogen (secondary N) is 2. The van der Waals surface area contributed by atoms with Gasteiger partial charge in [0.15, 0.2) is 0 Å². The Morgan fingerprint density at radius 2 is 1.62 bits per heavy atom. The maximum Gasteiger partial charge on any atom is 0.253 e. The minimum atomic E-state index is -3.47. The summed E-state index contributed by atoms with van der Waals surface area (Å²) in [5, 5.41) is 3.27. The van der Waals surface area contributed by atoms with Crippen molar-refractivity contribution in [1.29, 1.82) is 0 Å². The third-order valence-corrected chi connectivity index (χ3v) is 5.36. The van der Waals surface area contributed by atoms with Gasteiger partial charge >= 0.3 is 0 Å². The largest absolute Gasteiger partial charge is 0.341 e. The quantitative estimate of drug-likeness (QED) is 0.605. The summed E-state index contributed by atoms with van der Waals surface area (Å²) in [4.78, 5) is 13.1. The van der Waals surface area contributed by atoms with Gasteiger partial charge in [-0.25, -0.2) is 8.42 Å². The summed E-state index contributed by atoms with van der Waals surface area (Å²) in [5.74, 6) is -0.399. The zero-order chi connectivity index (χ0) is 21.0. The van der Waals surface area contributed by atoms with E-state index in [4.69, 9.17) is 11.6 Å². The summed E-state index contributed by atoms with van der Waals surface area (Å²) in [6, 6.07) is 21.5. The minimum Gasteiger partial charge on any atom is -0.341 e. The Morgan fingerprint density at radius 3 is 2.28 bits per heavy atom. The van der Waals surface area contributed by atoms with Gasteiger partial charge in [0.2, 0.25) is 10.0 Å². The number of benzene rings is 3. The molecule has 0 fully saturated rings. The fourth-order valence-electron chi connectivity index (χ4n) is 3.08. The van der Waals surface area contributed by atoms with Crippen molar-refractivity contribution in [1.82, 2.24) is 5.32 Å². The van der Waals surface area contributed by atoms with Crippen molar-refractivity contribution < 1.29 is 13.2 Å². The molecule has 0 aromatic heterocycles. The lowest BCUT2D eigenvalue weighted by molar-refractivity contribution is 0.0943. The zero-order valence-electron chi connectivity index (χ0n) is 16.0. The fraction of sp³-hybridized carbons (Fsp3) is 0.136. The van der Waals surface area contributed by atoms with E-state index >= 15 is 0 Å². The highest BCUT2D eigenvalue weighted by molar-refractivity contribution is 7.92. The normalized spacial score (nSPS) is 12.2. The molecular weight excluding hydrogens is 408 g/mol. The molecule has 1 atom stereocenters. The van der Waals surface area contributed by atoms with Crippen molar-refractivity contribution in [2.75, 3.05) is 11.0 Å². The molecule has 0 saturated heterocycles. The summed E-state index contributed by atoms with van der Waals surface area (Å²) in [7, 11) is -3.47. The van der Waals surface area contributed by atoms with E-state index in [0.717, 1.165) is 22.9 Å². The summed E-state index contributed by atoms with van der Waals surface area (Å²) in [6.07, 6.45) is 1.05. The molecular formula is C22H21ClN2O3S. The standard InChI is InChI=1S/C22H21ClN2O3S/c1-15-8-6-7-11-18(15)21(16-9-4-3-5-10-16)24-22(26)19-14-17(12-13-20(19)23)25-29(2,27)28/h3-14,21,25H,1-2H3,(H,24,26)/t21-/m1/s1. The van der Waals surface area contributed by atoms with Crippen LogP contribution in [0.2, 0.25) is 5.02 Å². The van der Waals surface area contributed by atoms with E-state index in [-0.39, 0.29) is 22.3 Å². The van der Waals surface area contributed by atoms with Crippen molar-refractivity contribution in [3.8, 4) is 0 Å². The lowest BCUT2D eigenvalue weighted by Gasteiger charge is -2.22. The Labute approximate surface area is 175 Å². The average Bonchev–Trinajstić information content (AvgIpc) is 2.68. The van der Waals surface area contributed by atoms with Gasteiger partial charge in [-0.05, 0) is 41.8 Å². The van der Waals surface area contributed by atoms with Crippen molar-refractivity contribution >= 4 is 33.2 Å². The van der Waals surface area contributed by atoms with Crippen LogP contribution >= 0.6 is 11.6 Å². The van der Waals surface area contributed by atoms with E-state index in [9.17, 15) is 13.2 Å². The van der Waals surface area contributed by atoms with Crippen LogP contribution in [0.5, 0.6) is 0 Å². The summed E-state index contributed by atoms with van der Waals surface area (Å²) in [6.45, 7) is 1.99. The molecule has 0 saturated carbocycles. The van der Waals surface area contributed by atoms with Crippen LogP contribution in [0, 0.1) is 6.92 Å². The molecule has 3 rings (SSSR count). The molecule has 0 heterocycles. The first-order valence-corrected chi connectivity index (χ1v) is 11.2. The molecule has 0 aliphatic heterocycles. The van der Waals surface area contributed by atoms with Crippen LogP contribution < -0.4 is 10.0 Å². The highest BCUT2D eigenvalue weighted by Crippen LogP contribution is 2.27. The highest BCUT2D eigenvalue weighted by Gasteiger charge is 2.21. The average molecular weight is 429 g/mol. The maximum absolute atomic E-state index is 13.1. The number of sulfonamides is 1. The Balaban J connectivity index is 1.98. The van der Waals surface area contributed by atoms with Gasteiger partial charge in [-0.2, -0.15) is 0 Å². The molecule has 3 aromatic rings. The monoisotopic (exact) mass is 428 g/mol. The van der Waals surface area contributed by atoms with Gasteiger partial charge in [0.05, 0.1) is 22.9 Å². The van der Waals surface area contributed by atoms with E-state index < -0.39 is 15.9 Å². The van der Waals surface area contributed by atoms with Gasteiger partial charge in [0, 0.05) is 5.69 Å². The van der Waals surface area contributed by atoms with E-state index in [0.29, 0.717) is 0 Å². The second-order valence-electron chi connectivity index (χ2n) is 6.74. The van der Waals surface area contributed by atoms with Crippen LogP contribution in [0.3, 0.4) is 0 Å². The second-order valence-corrected chi connectivity index (χ2v) is 8.90. The number of hydrogen-bond acceptors (Lipinski definition) is 3. The molecule has 0 unspecified atom stereocenters. The van der Waals surface area contributed by atoms with Gasteiger partial charge in [-0.15, -0.1) is 0 Å². The molecule has 3 aromatic carbocycles. The Kier molecular flexibility index (Phi) is 6.25. The number of rotatable bonds is 6. The second kappa shape index (κ2) is 8.68. The molecule has 0 aliphatic rings. The Hall–Kier alpha value is -2.83. The van der Waals surface area contributed by atoms with Gasteiger partial charge in [0.1, 0.15) is 0 Å². The first kappa shape index (κ1) is 20.9. The molecule has 7 heteroatoms. The Bertz CT molecular complexity index is 1130. The van der Waals surface area contributed by atoms with Crippen LogP contribution in [-0.2, 0) is 10.0 Å². The molecule has 0 aliphatic carbocycles. The third-order valence-electron chi connectivity index (χ3n) is 4.42. The predicted octanol–water partition coefficient (Wildman–Crippen LogP) is 4.54. The van der Waals surface area contributed by atoms with Gasteiger partial charge < -0.3 is 5.32 Å². The van der Waals surface area contributed by atoms with Gasteiger partial charge in [-0.3, -0.25) is 9.52 Å². The van der Waals surface area contributed by atoms with Crippen molar-refractivity contribution in [2.45, 2.75) is 13.0 Å². The predicted molar refractivity (Wildman–Crippen MR) is 117 cm³/mol. The summed E-state index contributed by atoms with van der Waals surface area (Å²) >= 11 is 6.23. The maximum atomic E-state index is 13.1. The van der Waals surface area contributed by atoms with Gasteiger partial charge in [0.25, 0.3) is 5.91 Å². The number of anilines is 1. The van der Waals surface area contributed by atoms with Crippen LogP contribution in [0.25, 0.3) is 0 Å². The first-order chi connectivity index (χ1) is 13.7.